The van der Waals surface area contributed by atoms with Crippen molar-refractivity contribution < 1.29 is 22.4 Å². The van der Waals surface area contributed by atoms with Crippen LogP contribution in [0.1, 0.15) is 46.3 Å². The largest absolute Gasteiger partial charge is 0.440 e. The van der Waals surface area contributed by atoms with E-state index in [4.69, 9.17) is 4.42 Å². The first-order valence-electron chi connectivity index (χ1n) is 10.7. The molecule has 0 spiro atoms. The predicted octanol–water partition coefficient (Wildman–Crippen LogP) is 5.36. The molecule has 6 nitrogen and oxygen atoms in total. The van der Waals surface area contributed by atoms with E-state index in [2.05, 4.69) is 10.1 Å². The Labute approximate surface area is 187 Å². The number of aromatic nitrogens is 3. The van der Waals surface area contributed by atoms with Crippen molar-refractivity contribution in [2.24, 2.45) is 0 Å². The second-order valence-corrected chi connectivity index (χ2v) is 8.24. The van der Waals surface area contributed by atoms with Crippen LogP contribution in [0.5, 0.6) is 0 Å². The molecule has 4 aromatic rings. The van der Waals surface area contributed by atoms with Crippen molar-refractivity contribution in [3.8, 4) is 5.69 Å². The van der Waals surface area contributed by atoms with Gasteiger partial charge in [0.05, 0.1) is 17.4 Å². The van der Waals surface area contributed by atoms with Gasteiger partial charge < -0.3 is 9.32 Å². The first kappa shape index (κ1) is 21.2. The molecule has 0 unspecified atom stereocenters. The molecule has 33 heavy (non-hydrogen) atoms. The molecule has 2 aromatic carbocycles. The van der Waals surface area contributed by atoms with Gasteiger partial charge in [-0.05, 0) is 44.0 Å². The minimum absolute atomic E-state index is 0.0128. The molecule has 0 bridgehead atoms. The van der Waals surface area contributed by atoms with E-state index < -0.39 is 23.3 Å². The second-order valence-electron chi connectivity index (χ2n) is 8.24. The van der Waals surface area contributed by atoms with E-state index in [9.17, 15) is 18.0 Å². The molecular formula is C24H21F3N4O2. The summed E-state index contributed by atoms with van der Waals surface area (Å²) in [6.07, 6.45) is -2.60. The molecule has 5 rings (SSSR count). The number of likely N-dealkylation sites (tertiary alicyclic amines) is 1. The number of carbonyl (C=O) groups excluding carboxylic acids is 1. The van der Waals surface area contributed by atoms with Crippen LogP contribution in [0.2, 0.25) is 0 Å². The number of amides is 1. The van der Waals surface area contributed by atoms with Crippen LogP contribution >= 0.6 is 0 Å². The maximum Gasteiger partial charge on any atom is 0.434 e. The molecule has 1 aliphatic heterocycles. The quantitative estimate of drug-likeness (QED) is 0.418. The van der Waals surface area contributed by atoms with Crippen molar-refractivity contribution in [3.63, 3.8) is 0 Å². The summed E-state index contributed by atoms with van der Waals surface area (Å²) in [7, 11) is 0. The number of carbonyl (C=O) groups is 1. The Morgan fingerprint density at radius 3 is 2.42 bits per heavy atom. The standard InChI is InChI=1S/C24H21F3N4O2/c1-15-6-8-17(9-7-15)31-21(24(25,26)27)18(14-28-31)23(32)30-12-10-16(11-13-30)22-29-19-4-2-3-5-20(19)33-22/h2-9,14,16H,10-13H2,1H3. The highest BCUT2D eigenvalue weighted by Gasteiger charge is 2.42. The summed E-state index contributed by atoms with van der Waals surface area (Å²) < 4.78 is 48.5. The van der Waals surface area contributed by atoms with Crippen LogP contribution in [0.25, 0.3) is 16.8 Å². The van der Waals surface area contributed by atoms with Crippen molar-refractivity contribution in [2.45, 2.75) is 31.9 Å². The monoisotopic (exact) mass is 454 g/mol. The molecule has 0 aliphatic carbocycles. The minimum Gasteiger partial charge on any atom is -0.440 e. The fourth-order valence-corrected chi connectivity index (χ4v) is 4.22. The van der Waals surface area contributed by atoms with Gasteiger partial charge >= 0.3 is 6.18 Å². The molecule has 1 fully saturated rings. The van der Waals surface area contributed by atoms with Gasteiger partial charge in [-0.25, -0.2) is 9.67 Å². The van der Waals surface area contributed by atoms with E-state index in [1.54, 1.807) is 24.3 Å². The van der Waals surface area contributed by atoms with Crippen LogP contribution in [-0.4, -0.2) is 38.7 Å². The number of para-hydroxylation sites is 2. The molecule has 3 heterocycles. The molecule has 9 heteroatoms. The lowest BCUT2D eigenvalue weighted by Crippen LogP contribution is -2.38. The molecule has 0 N–H and O–H groups in total. The lowest BCUT2D eigenvalue weighted by Gasteiger charge is -2.30. The number of benzene rings is 2. The number of nitrogens with zero attached hydrogens (tertiary/aromatic N) is 4. The predicted molar refractivity (Wildman–Crippen MR) is 115 cm³/mol. The van der Waals surface area contributed by atoms with Gasteiger partial charge in [0.2, 0.25) is 0 Å². The van der Waals surface area contributed by atoms with E-state index in [0.29, 0.717) is 37.4 Å². The van der Waals surface area contributed by atoms with Crippen LogP contribution in [0.3, 0.4) is 0 Å². The number of rotatable bonds is 3. The lowest BCUT2D eigenvalue weighted by atomic mass is 9.96. The number of hydrogen-bond donors (Lipinski definition) is 0. The number of oxazole rings is 1. The van der Waals surface area contributed by atoms with Gasteiger partial charge in [-0.1, -0.05) is 29.8 Å². The Bertz CT molecular complexity index is 1270. The highest BCUT2D eigenvalue weighted by atomic mass is 19.4. The zero-order valence-electron chi connectivity index (χ0n) is 17.8. The van der Waals surface area contributed by atoms with Crippen molar-refractivity contribution in [3.05, 3.63) is 77.4 Å². The number of fused-ring (bicyclic) bond motifs is 1. The fourth-order valence-electron chi connectivity index (χ4n) is 4.22. The summed E-state index contributed by atoms with van der Waals surface area (Å²) in [6, 6.07) is 14.0. The first-order chi connectivity index (χ1) is 15.8. The van der Waals surface area contributed by atoms with Gasteiger partial charge in [-0.15, -0.1) is 0 Å². The van der Waals surface area contributed by atoms with Gasteiger partial charge in [0.1, 0.15) is 5.52 Å². The third kappa shape index (κ3) is 3.99. The van der Waals surface area contributed by atoms with Crippen molar-refractivity contribution in [1.82, 2.24) is 19.7 Å². The van der Waals surface area contributed by atoms with Gasteiger partial charge in [-0.3, -0.25) is 4.79 Å². The van der Waals surface area contributed by atoms with Gasteiger partial charge in [0, 0.05) is 19.0 Å². The van der Waals surface area contributed by atoms with Crippen LogP contribution in [-0.2, 0) is 6.18 Å². The lowest BCUT2D eigenvalue weighted by molar-refractivity contribution is -0.143. The average molecular weight is 454 g/mol. The molecule has 0 radical (unpaired) electrons. The Morgan fingerprint density at radius 1 is 1.06 bits per heavy atom. The molecule has 170 valence electrons. The molecule has 1 amide bonds. The normalized spacial score (nSPS) is 15.3. The number of aryl methyl sites for hydroxylation is 1. The molecule has 0 saturated carbocycles. The maximum absolute atomic E-state index is 14.0. The number of alkyl halides is 3. The third-order valence-corrected chi connectivity index (χ3v) is 5.99. The van der Waals surface area contributed by atoms with Gasteiger partial charge in [0.25, 0.3) is 5.91 Å². The van der Waals surface area contributed by atoms with Crippen LogP contribution in [0.15, 0.2) is 59.1 Å². The number of piperidine rings is 1. The van der Waals surface area contributed by atoms with E-state index in [1.165, 1.54) is 4.90 Å². The summed E-state index contributed by atoms with van der Waals surface area (Å²) in [5.74, 6) is -0.0537. The zero-order chi connectivity index (χ0) is 23.2. The zero-order valence-corrected chi connectivity index (χ0v) is 17.8. The van der Waals surface area contributed by atoms with Gasteiger partial charge in [0.15, 0.2) is 17.2 Å². The molecule has 2 aromatic heterocycles. The Hall–Kier alpha value is -3.62. The summed E-state index contributed by atoms with van der Waals surface area (Å²) in [4.78, 5) is 19.1. The van der Waals surface area contributed by atoms with E-state index >= 15 is 0 Å². The number of hydrogen-bond acceptors (Lipinski definition) is 4. The topological polar surface area (TPSA) is 64.2 Å². The fraction of sp³-hybridized carbons (Fsp3) is 0.292. The third-order valence-electron chi connectivity index (χ3n) is 5.99. The first-order valence-corrected chi connectivity index (χ1v) is 10.7. The van der Waals surface area contributed by atoms with E-state index in [-0.39, 0.29) is 11.6 Å². The Balaban J connectivity index is 1.37. The highest BCUT2D eigenvalue weighted by molar-refractivity contribution is 5.95. The average Bonchev–Trinajstić information content (AvgIpc) is 3.44. The highest BCUT2D eigenvalue weighted by Crippen LogP contribution is 2.36. The SMILES string of the molecule is Cc1ccc(-n2ncc(C(=O)N3CCC(c4nc5ccccc5o4)CC3)c2C(F)(F)F)cc1. The summed E-state index contributed by atoms with van der Waals surface area (Å²) in [5, 5.41) is 3.91. The minimum atomic E-state index is -4.73. The molecule has 0 atom stereocenters. The smallest absolute Gasteiger partial charge is 0.434 e. The molecular weight excluding hydrogens is 433 g/mol. The summed E-state index contributed by atoms with van der Waals surface area (Å²) in [5.41, 5.74) is 1.13. The van der Waals surface area contributed by atoms with E-state index in [1.807, 2.05) is 31.2 Å². The van der Waals surface area contributed by atoms with Crippen LogP contribution in [0.4, 0.5) is 13.2 Å². The summed E-state index contributed by atoms with van der Waals surface area (Å²) >= 11 is 0. The Morgan fingerprint density at radius 2 is 1.76 bits per heavy atom. The van der Waals surface area contributed by atoms with E-state index in [0.717, 1.165) is 22.0 Å². The van der Waals surface area contributed by atoms with Crippen molar-refractivity contribution in [2.75, 3.05) is 13.1 Å². The summed E-state index contributed by atoms with van der Waals surface area (Å²) in [6.45, 7) is 2.47. The molecule has 1 saturated heterocycles. The van der Waals surface area contributed by atoms with Gasteiger partial charge in [-0.2, -0.15) is 18.3 Å². The van der Waals surface area contributed by atoms with Crippen LogP contribution in [0, 0.1) is 6.92 Å². The second kappa shape index (κ2) is 8.06. The molecule has 1 aliphatic rings. The number of halogens is 3. The maximum atomic E-state index is 14.0. The Kier molecular flexibility index (Phi) is 5.19. The van der Waals surface area contributed by atoms with Crippen molar-refractivity contribution in [1.29, 1.82) is 0 Å². The van der Waals surface area contributed by atoms with Crippen LogP contribution < -0.4 is 0 Å². The van der Waals surface area contributed by atoms with Crippen molar-refractivity contribution >= 4 is 17.0 Å².